The second-order valence-corrected chi connectivity index (χ2v) is 20.9. The van der Waals surface area contributed by atoms with E-state index in [0.29, 0.717) is 32.4 Å². The summed E-state index contributed by atoms with van der Waals surface area (Å²) in [7, 11) is 0. The summed E-state index contributed by atoms with van der Waals surface area (Å²) in [5, 5.41) is 10.0. The molecule has 1 heterocycles. The van der Waals surface area contributed by atoms with Crippen molar-refractivity contribution in [2.45, 2.75) is 186 Å². The number of nitriles is 1. The van der Waals surface area contributed by atoms with Gasteiger partial charge < -0.3 is 14.4 Å². The van der Waals surface area contributed by atoms with E-state index >= 15 is 0 Å². The molecule has 0 unspecified atom stereocenters. The molecule has 0 spiro atoms. The van der Waals surface area contributed by atoms with Crippen molar-refractivity contribution >= 4 is 23.6 Å². The van der Waals surface area contributed by atoms with Crippen molar-refractivity contribution in [3.05, 3.63) is 23.3 Å². The average molecular weight is 751 g/mol. The number of allylic oxidation sites excluding steroid dienone is 4. The standard InChI is InChI=1S/C46H74N2O6/c1-15-20-41(6,7)23-25-44(12,21-17-37(50)53-34-18-27-48(28-19-34)39(52)54-40(3,4)5)26-24-42(8,9)46(14)22-16-35-43(10,11)38(51)33(31-47)30-45(35,13)36(46)29-32(2)49/h29-30,34-35H,15-28H2,1-14H3/b36-29-/t35-,44-,45-,46+/m0/s1. The zero-order valence-corrected chi connectivity index (χ0v) is 36.6. The lowest BCUT2D eigenvalue weighted by molar-refractivity contribution is -0.151. The average Bonchev–Trinajstić information content (AvgIpc) is 3.05. The molecule has 1 saturated carbocycles. The van der Waals surface area contributed by atoms with E-state index in [2.05, 4.69) is 61.5 Å². The van der Waals surface area contributed by atoms with E-state index in [1.54, 1.807) is 11.8 Å². The molecule has 8 heteroatoms. The number of Topliss-reactive ketones (excluding diaryl/α,β-unsaturated/α-hetero) is 1. The highest BCUT2D eigenvalue weighted by Gasteiger charge is 2.61. The largest absolute Gasteiger partial charge is 0.462 e. The van der Waals surface area contributed by atoms with E-state index in [0.717, 1.165) is 63.4 Å². The maximum Gasteiger partial charge on any atom is 0.410 e. The van der Waals surface area contributed by atoms with Crippen LogP contribution in [-0.2, 0) is 23.9 Å². The van der Waals surface area contributed by atoms with Gasteiger partial charge in [0.25, 0.3) is 0 Å². The number of nitrogens with zero attached hydrogens (tertiary/aromatic N) is 2. The predicted molar refractivity (Wildman–Crippen MR) is 215 cm³/mol. The second kappa shape index (κ2) is 16.6. The van der Waals surface area contributed by atoms with E-state index in [1.165, 1.54) is 0 Å². The third-order valence-electron chi connectivity index (χ3n) is 13.9. The van der Waals surface area contributed by atoms with Crippen LogP contribution in [-0.4, -0.2) is 53.3 Å². The molecule has 2 aliphatic carbocycles. The zero-order chi connectivity index (χ0) is 41.1. The van der Waals surface area contributed by atoms with Crippen molar-refractivity contribution in [3.8, 4) is 6.07 Å². The minimum atomic E-state index is -0.719. The molecule has 2 fully saturated rings. The molecule has 0 radical (unpaired) electrons. The molecule has 54 heavy (non-hydrogen) atoms. The molecule has 0 bridgehead atoms. The van der Waals surface area contributed by atoms with Crippen LogP contribution in [0.2, 0.25) is 0 Å². The van der Waals surface area contributed by atoms with E-state index < -0.39 is 16.4 Å². The molecule has 1 saturated heterocycles. The Morgan fingerprint density at radius 3 is 2.04 bits per heavy atom. The number of esters is 1. The molecule has 0 N–H and O–H groups in total. The summed E-state index contributed by atoms with van der Waals surface area (Å²) in [5.41, 5.74) is -1.18. The fourth-order valence-electron chi connectivity index (χ4n) is 9.95. The summed E-state index contributed by atoms with van der Waals surface area (Å²) in [6, 6.07) is 2.19. The monoisotopic (exact) mass is 751 g/mol. The third kappa shape index (κ3) is 10.5. The Morgan fingerprint density at radius 1 is 0.907 bits per heavy atom. The number of ketones is 2. The van der Waals surface area contributed by atoms with Crippen LogP contribution in [0.4, 0.5) is 4.79 Å². The van der Waals surface area contributed by atoms with Gasteiger partial charge in [0, 0.05) is 43.2 Å². The summed E-state index contributed by atoms with van der Waals surface area (Å²) in [4.78, 5) is 54.0. The summed E-state index contributed by atoms with van der Waals surface area (Å²) >= 11 is 0. The smallest absolute Gasteiger partial charge is 0.410 e. The van der Waals surface area contributed by atoms with Gasteiger partial charge >= 0.3 is 12.1 Å². The first-order chi connectivity index (χ1) is 24.7. The second-order valence-electron chi connectivity index (χ2n) is 20.9. The van der Waals surface area contributed by atoms with Gasteiger partial charge in [-0.2, -0.15) is 5.26 Å². The first kappa shape index (κ1) is 45.4. The number of rotatable bonds is 14. The minimum Gasteiger partial charge on any atom is -0.462 e. The predicted octanol–water partition coefficient (Wildman–Crippen LogP) is 11.1. The number of ether oxygens (including phenoxy) is 2. The molecule has 304 valence electrons. The fraction of sp³-hybridized carbons (Fsp3) is 0.804. The van der Waals surface area contributed by atoms with Gasteiger partial charge in [0.2, 0.25) is 0 Å². The van der Waals surface area contributed by atoms with E-state index in [4.69, 9.17) is 9.47 Å². The molecule has 0 aromatic heterocycles. The van der Waals surface area contributed by atoms with Gasteiger partial charge in [0.15, 0.2) is 11.6 Å². The Kier molecular flexibility index (Phi) is 14.0. The number of hydrogen-bond donors (Lipinski definition) is 0. The quantitative estimate of drug-likeness (QED) is 0.128. The van der Waals surface area contributed by atoms with Crippen LogP contribution in [0.15, 0.2) is 23.3 Å². The molecular formula is C46H74N2O6. The lowest BCUT2D eigenvalue weighted by atomic mass is 9.42. The van der Waals surface area contributed by atoms with Gasteiger partial charge in [0.05, 0.1) is 5.57 Å². The number of fused-ring (bicyclic) bond motifs is 1. The van der Waals surface area contributed by atoms with Gasteiger partial charge in [-0.1, -0.05) is 87.3 Å². The van der Waals surface area contributed by atoms with Crippen LogP contribution in [0.3, 0.4) is 0 Å². The topological polar surface area (TPSA) is 114 Å². The maximum atomic E-state index is 13.4. The number of hydrogen-bond acceptors (Lipinski definition) is 7. The van der Waals surface area contributed by atoms with Crippen LogP contribution in [0.5, 0.6) is 0 Å². The van der Waals surface area contributed by atoms with Crippen molar-refractivity contribution < 1.29 is 28.7 Å². The van der Waals surface area contributed by atoms with Crippen LogP contribution in [0, 0.1) is 49.7 Å². The van der Waals surface area contributed by atoms with Gasteiger partial charge in [-0.3, -0.25) is 14.4 Å². The molecule has 3 rings (SSSR count). The van der Waals surface area contributed by atoms with Crippen LogP contribution in [0.25, 0.3) is 0 Å². The van der Waals surface area contributed by atoms with Crippen LogP contribution in [0.1, 0.15) is 174 Å². The number of likely N-dealkylation sites (tertiary alicyclic amines) is 1. The van der Waals surface area contributed by atoms with Crippen molar-refractivity contribution in [3.63, 3.8) is 0 Å². The summed E-state index contributed by atoms with van der Waals surface area (Å²) < 4.78 is 11.5. The number of carbonyl (C=O) groups is 4. The molecular weight excluding hydrogens is 677 g/mol. The van der Waals surface area contributed by atoms with E-state index in [9.17, 15) is 24.4 Å². The highest BCUT2D eigenvalue weighted by Crippen LogP contribution is 2.67. The summed E-state index contributed by atoms with van der Waals surface area (Å²) in [5.74, 6) is -0.328. The Hall–Kier alpha value is -2.95. The number of carbonyl (C=O) groups excluding carboxylic acids is 4. The normalized spacial score (nSPS) is 27.0. The molecule has 0 aromatic rings. The van der Waals surface area contributed by atoms with Gasteiger partial charge in [0.1, 0.15) is 17.8 Å². The highest BCUT2D eigenvalue weighted by atomic mass is 16.6. The summed E-state index contributed by atoms with van der Waals surface area (Å²) in [6.45, 7) is 30.4. The van der Waals surface area contributed by atoms with Crippen molar-refractivity contribution in [1.29, 1.82) is 5.26 Å². The molecule has 1 aliphatic heterocycles. The van der Waals surface area contributed by atoms with Gasteiger partial charge in [-0.05, 0) is 113 Å². The maximum absolute atomic E-state index is 13.4. The molecule has 8 nitrogen and oxygen atoms in total. The first-order valence-electron chi connectivity index (χ1n) is 20.7. The fourth-order valence-corrected chi connectivity index (χ4v) is 9.95. The summed E-state index contributed by atoms with van der Waals surface area (Å²) in [6.07, 6.45) is 13.2. The van der Waals surface area contributed by atoms with Crippen molar-refractivity contribution in [1.82, 2.24) is 4.90 Å². The third-order valence-corrected chi connectivity index (χ3v) is 13.9. The van der Waals surface area contributed by atoms with E-state index in [1.807, 2.05) is 46.8 Å². The highest BCUT2D eigenvalue weighted by molar-refractivity contribution is 6.04. The van der Waals surface area contributed by atoms with Crippen LogP contribution < -0.4 is 0 Å². The lowest BCUT2D eigenvalue weighted by Gasteiger charge is -2.61. The lowest BCUT2D eigenvalue weighted by Crippen LogP contribution is -2.55. The van der Waals surface area contributed by atoms with Gasteiger partial charge in [-0.25, -0.2) is 4.79 Å². The number of piperidine rings is 1. The zero-order valence-electron chi connectivity index (χ0n) is 36.6. The Morgan fingerprint density at radius 2 is 1.50 bits per heavy atom. The Balaban J connectivity index is 1.82. The SMILES string of the molecule is CCCC(C)(C)CC[C@](C)(CCC(=O)OC1CCN(C(=O)OC(C)(C)C)CC1)CCC(C)(C)[C@]1(C)CC[C@H]2C(C)(C)C(=O)C(C#N)=C[C@]2(C)/C1=C/C(C)=O. The molecule has 3 aliphatic rings. The van der Waals surface area contributed by atoms with E-state index in [-0.39, 0.29) is 62.9 Å². The minimum absolute atomic E-state index is 0.0208. The van der Waals surface area contributed by atoms with Crippen molar-refractivity contribution in [2.24, 2.45) is 38.4 Å². The molecule has 0 aromatic carbocycles. The first-order valence-corrected chi connectivity index (χ1v) is 20.7. The van der Waals surface area contributed by atoms with Crippen molar-refractivity contribution in [2.75, 3.05) is 13.1 Å². The Labute approximate surface area is 328 Å². The Bertz CT molecular complexity index is 1510. The number of amides is 1. The molecule has 4 atom stereocenters. The van der Waals surface area contributed by atoms with Gasteiger partial charge in [-0.15, -0.1) is 0 Å². The van der Waals surface area contributed by atoms with Crippen LogP contribution >= 0.6 is 0 Å². The molecule has 1 amide bonds.